The van der Waals surface area contributed by atoms with E-state index < -0.39 is 0 Å². The van der Waals surface area contributed by atoms with E-state index in [1.54, 1.807) is 13.0 Å². The Balaban J connectivity index is 1.62. The number of anilines is 1. The molecule has 0 aliphatic carbocycles. The minimum Gasteiger partial charge on any atom is -0.360 e. The van der Waals surface area contributed by atoms with E-state index in [4.69, 9.17) is 4.52 Å². The molecule has 5 nitrogen and oxygen atoms in total. The van der Waals surface area contributed by atoms with Crippen molar-refractivity contribution in [3.63, 3.8) is 0 Å². The predicted octanol–water partition coefficient (Wildman–Crippen LogP) is 3.72. The highest BCUT2D eigenvalue weighted by atomic mass is 16.5. The lowest BCUT2D eigenvalue weighted by Gasteiger charge is -2.34. The first kappa shape index (κ1) is 16.5. The smallest absolute Gasteiger partial charge is 0.247 e. The van der Waals surface area contributed by atoms with Gasteiger partial charge in [-0.2, -0.15) is 0 Å². The zero-order valence-corrected chi connectivity index (χ0v) is 14.7. The minimum absolute atomic E-state index is 0.0936. The maximum atomic E-state index is 13.1. The Bertz CT molecular complexity index is 904. The first-order chi connectivity index (χ1) is 12.7. The molecule has 0 saturated heterocycles. The van der Waals surface area contributed by atoms with Crippen LogP contribution in [0.4, 0.5) is 5.82 Å². The van der Waals surface area contributed by atoms with Gasteiger partial charge in [0, 0.05) is 19.2 Å². The van der Waals surface area contributed by atoms with Crippen LogP contribution in [0.15, 0.2) is 65.2 Å². The van der Waals surface area contributed by atoms with E-state index in [0.717, 1.165) is 25.1 Å². The lowest BCUT2D eigenvalue weighted by Crippen LogP contribution is -2.40. The van der Waals surface area contributed by atoms with Gasteiger partial charge in [-0.3, -0.25) is 9.69 Å². The third-order valence-electron chi connectivity index (χ3n) is 4.77. The van der Waals surface area contributed by atoms with Gasteiger partial charge in [-0.15, -0.1) is 0 Å². The van der Waals surface area contributed by atoms with Crippen LogP contribution in [0.25, 0.3) is 0 Å². The average Bonchev–Trinajstić information content (AvgIpc) is 3.07. The molecular weight excluding hydrogens is 326 g/mol. The fourth-order valence-corrected chi connectivity index (χ4v) is 3.52. The predicted molar refractivity (Wildman–Crippen MR) is 99.6 cm³/mol. The second-order valence-electron chi connectivity index (χ2n) is 6.61. The van der Waals surface area contributed by atoms with Gasteiger partial charge < -0.3 is 9.84 Å². The van der Waals surface area contributed by atoms with E-state index in [-0.39, 0.29) is 11.9 Å². The molecule has 1 atom stereocenters. The maximum Gasteiger partial charge on any atom is 0.247 e. The van der Waals surface area contributed by atoms with Gasteiger partial charge in [-0.25, -0.2) is 0 Å². The average molecular weight is 347 g/mol. The number of aryl methyl sites for hydroxylation is 1. The molecule has 0 saturated carbocycles. The van der Waals surface area contributed by atoms with Crippen molar-refractivity contribution < 1.29 is 9.32 Å². The van der Waals surface area contributed by atoms with Crippen LogP contribution < -0.4 is 5.32 Å². The Morgan fingerprint density at radius 3 is 2.58 bits per heavy atom. The molecule has 5 heteroatoms. The first-order valence-corrected chi connectivity index (χ1v) is 8.80. The molecule has 132 valence electrons. The highest BCUT2D eigenvalue weighted by Crippen LogP contribution is 2.29. The number of benzene rings is 2. The second kappa shape index (κ2) is 7.14. The fourth-order valence-electron chi connectivity index (χ4n) is 3.52. The van der Waals surface area contributed by atoms with E-state index in [9.17, 15) is 4.79 Å². The SMILES string of the molecule is Cc1cc(NC(=O)[C@H](c2ccccc2)N2CCc3ccccc3C2)no1. The van der Waals surface area contributed by atoms with Crippen LogP contribution in [0.2, 0.25) is 0 Å². The van der Waals surface area contributed by atoms with Gasteiger partial charge in [-0.1, -0.05) is 59.8 Å². The number of carbonyl (C=O) groups excluding carboxylic acids is 1. The molecule has 0 bridgehead atoms. The largest absolute Gasteiger partial charge is 0.360 e. The number of aromatic nitrogens is 1. The van der Waals surface area contributed by atoms with Crippen molar-refractivity contribution in [3.8, 4) is 0 Å². The lowest BCUT2D eigenvalue weighted by atomic mass is 9.96. The summed E-state index contributed by atoms with van der Waals surface area (Å²) in [4.78, 5) is 15.3. The molecule has 4 rings (SSSR count). The summed E-state index contributed by atoms with van der Waals surface area (Å²) in [5.41, 5.74) is 3.62. The van der Waals surface area contributed by atoms with Crippen molar-refractivity contribution in [2.45, 2.75) is 25.9 Å². The number of fused-ring (bicyclic) bond motifs is 1. The Morgan fingerprint density at radius 1 is 1.12 bits per heavy atom. The zero-order chi connectivity index (χ0) is 17.9. The minimum atomic E-state index is -0.374. The molecule has 1 aliphatic rings. The van der Waals surface area contributed by atoms with Crippen LogP contribution in [0, 0.1) is 6.92 Å². The van der Waals surface area contributed by atoms with E-state index in [2.05, 4.69) is 39.6 Å². The van der Waals surface area contributed by atoms with Crippen molar-refractivity contribution in [3.05, 3.63) is 83.1 Å². The van der Waals surface area contributed by atoms with Gasteiger partial charge in [0.15, 0.2) is 5.82 Å². The summed E-state index contributed by atoms with van der Waals surface area (Å²) in [6.07, 6.45) is 0.940. The van der Waals surface area contributed by atoms with Gasteiger partial charge >= 0.3 is 0 Å². The van der Waals surface area contributed by atoms with Crippen molar-refractivity contribution in [1.82, 2.24) is 10.1 Å². The molecule has 0 spiro atoms. The third kappa shape index (κ3) is 3.39. The van der Waals surface area contributed by atoms with Crippen molar-refractivity contribution in [1.29, 1.82) is 0 Å². The fraction of sp³-hybridized carbons (Fsp3) is 0.238. The van der Waals surface area contributed by atoms with Crippen LogP contribution in [-0.2, 0) is 17.8 Å². The Hall–Kier alpha value is -2.92. The molecule has 3 aromatic rings. The number of rotatable bonds is 4. The Kier molecular flexibility index (Phi) is 4.54. The normalized spacial score (nSPS) is 15.3. The summed E-state index contributed by atoms with van der Waals surface area (Å²) >= 11 is 0. The van der Waals surface area contributed by atoms with E-state index >= 15 is 0 Å². The van der Waals surface area contributed by atoms with E-state index in [1.165, 1.54) is 11.1 Å². The topological polar surface area (TPSA) is 58.4 Å². The molecular formula is C21H21N3O2. The zero-order valence-electron chi connectivity index (χ0n) is 14.7. The molecule has 1 aromatic heterocycles. The van der Waals surface area contributed by atoms with Gasteiger partial charge in [0.1, 0.15) is 11.8 Å². The Labute approximate surface area is 152 Å². The summed E-state index contributed by atoms with van der Waals surface area (Å²) < 4.78 is 5.06. The van der Waals surface area contributed by atoms with Crippen molar-refractivity contribution >= 4 is 11.7 Å². The molecule has 1 amide bonds. The highest BCUT2D eigenvalue weighted by Gasteiger charge is 2.30. The van der Waals surface area contributed by atoms with Crippen LogP contribution in [0.1, 0.15) is 28.5 Å². The summed E-state index contributed by atoms with van der Waals surface area (Å²) in [5.74, 6) is 1.03. The number of nitrogens with zero attached hydrogens (tertiary/aromatic N) is 2. The third-order valence-corrected chi connectivity index (χ3v) is 4.77. The van der Waals surface area contributed by atoms with Gasteiger partial charge in [0.2, 0.25) is 5.91 Å². The molecule has 26 heavy (non-hydrogen) atoms. The standard InChI is InChI=1S/C21H21N3O2/c1-15-13-19(23-26-15)22-21(25)20(17-8-3-2-4-9-17)24-12-11-16-7-5-6-10-18(16)14-24/h2-10,13,20H,11-12,14H2,1H3,(H,22,23,25)/t20-/m0/s1. The van der Waals surface area contributed by atoms with Crippen LogP contribution in [-0.4, -0.2) is 22.5 Å². The quantitative estimate of drug-likeness (QED) is 0.781. The van der Waals surface area contributed by atoms with Crippen molar-refractivity contribution in [2.75, 3.05) is 11.9 Å². The van der Waals surface area contributed by atoms with Gasteiger partial charge in [-0.05, 0) is 30.0 Å². The highest BCUT2D eigenvalue weighted by molar-refractivity contribution is 5.94. The molecule has 1 N–H and O–H groups in total. The molecule has 2 aromatic carbocycles. The summed E-state index contributed by atoms with van der Waals surface area (Å²) in [6, 6.07) is 19.7. The number of nitrogens with one attached hydrogen (secondary N) is 1. The number of hydrogen-bond donors (Lipinski definition) is 1. The van der Waals surface area contributed by atoms with Gasteiger partial charge in [0.05, 0.1) is 0 Å². The molecule has 0 fully saturated rings. The summed E-state index contributed by atoms with van der Waals surface area (Å²) in [7, 11) is 0. The first-order valence-electron chi connectivity index (χ1n) is 8.80. The van der Waals surface area contributed by atoms with Crippen LogP contribution >= 0.6 is 0 Å². The van der Waals surface area contributed by atoms with E-state index in [1.807, 2.05) is 30.3 Å². The molecule has 1 aliphatic heterocycles. The number of carbonyl (C=O) groups is 1. The second-order valence-corrected chi connectivity index (χ2v) is 6.61. The monoisotopic (exact) mass is 347 g/mol. The van der Waals surface area contributed by atoms with Crippen LogP contribution in [0.3, 0.4) is 0 Å². The molecule has 2 heterocycles. The Morgan fingerprint density at radius 2 is 1.85 bits per heavy atom. The molecule has 0 radical (unpaired) electrons. The van der Waals surface area contributed by atoms with Gasteiger partial charge in [0.25, 0.3) is 0 Å². The maximum absolute atomic E-state index is 13.1. The number of hydrogen-bond acceptors (Lipinski definition) is 4. The number of amides is 1. The molecule has 0 unspecified atom stereocenters. The van der Waals surface area contributed by atoms with Crippen molar-refractivity contribution in [2.24, 2.45) is 0 Å². The lowest BCUT2D eigenvalue weighted by molar-refractivity contribution is -0.122. The summed E-state index contributed by atoms with van der Waals surface area (Å²) in [5, 5.41) is 6.78. The van der Waals surface area contributed by atoms with E-state index in [0.29, 0.717) is 11.6 Å². The van der Waals surface area contributed by atoms with Crippen LogP contribution in [0.5, 0.6) is 0 Å². The summed E-state index contributed by atoms with van der Waals surface area (Å²) in [6.45, 7) is 3.39.